The first kappa shape index (κ1) is 15.9. The lowest BCUT2D eigenvalue weighted by Crippen LogP contribution is -2.55. The second-order valence-corrected chi connectivity index (χ2v) is 5.80. The molecule has 2 aliphatic heterocycles. The Hall–Kier alpha value is -1.93. The van der Waals surface area contributed by atoms with E-state index < -0.39 is 0 Å². The van der Waals surface area contributed by atoms with Crippen molar-refractivity contribution in [2.75, 3.05) is 59.0 Å². The van der Waals surface area contributed by atoms with Crippen molar-refractivity contribution >= 4 is 6.03 Å². The maximum absolute atomic E-state index is 12.4. The highest BCUT2D eigenvalue weighted by Gasteiger charge is 2.26. The Balaban J connectivity index is 1.44. The number of rotatable bonds is 3. The molecule has 0 atom stereocenters. The largest absolute Gasteiger partial charge is 0.378 e. The predicted molar refractivity (Wildman–Crippen MR) is 84.3 cm³/mol. The Morgan fingerprint density at radius 1 is 1.04 bits per heavy atom. The van der Waals surface area contributed by atoms with Gasteiger partial charge in [0.2, 0.25) is 0 Å². The molecule has 23 heavy (non-hydrogen) atoms. The van der Waals surface area contributed by atoms with Gasteiger partial charge in [-0.2, -0.15) is 5.10 Å². The number of carbonyl (C=O) groups excluding carboxylic acids is 1. The molecular formula is C15H23N5O3. The molecule has 3 rings (SSSR count). The quantitative estimate of drug-likeness (QED) is 0.737. The van der Waals surface area contributed by atoms with Crippen LogP contribution in [-0.2, 0) is 11.3 Å². The summed E-state index contributed by atoms with van der Waals surface area (Å²) in [7, 11) is 0. The summed E-state index contributed by atoms with van der Waals surface area (Å²) >= 11 is 0. The summed E-state index contributed by atoms with van der Waals surface area (Å²) in [6, 6.07) is 3.29. The average Bonchev–Trinajstić information content (AvgIpc) is 2.62. The van der Waals surface area contributed by atoms with Crippen LogP contribution < -0.4 is 5.56 Å². The van der Waals surface area contributed by atoms with Crippen molar-refractivity contribution in [2.24, 2.45) is 0 Å². The number of hydrogen-bond donors (Lipinski definition) is 0. The topological polar surface area (TPSA) is 70.9 Å². The molecule has 8 heteroatoms. The van der Waals surface area contributed by atoms with Crippen LogP contribution in [-0.4, -0.2) is 89.5 Å². The van der Waals surface area contributed by atoms with E-state index in [0.717, 1.165) is 32.7 Å². The molecule has 0 N–H and O–H groups in total. The number of amides is 2. The number of ether oxygens (including phenoxy) is 1. The maximum atomic E-state index is 12.4. The van der Waals surface area contributed by atoms with Gasteiger partial charge < -0.3 is 14.5 Å². The maximum Gasteiger partial charge on any atom is 0.320 e. The second-order valence-electron chi connectivity index (χ2n) is 5.80. The van der Waals surface area contributed by atoms with Gasteiger partial charge in [-0.3, -0.25) is 9.69 Å². The van der Waals surface area contributed by atoms with Crippen LogP contribution in [0.2, 0.25) is 0 Å². The molecule has 8 nitrogen and oxygen atoms in total. The monoisotopic (exact) mass is 321 g/mol. The Morgan fingerprint density at radius 3 is 2.43 bits per heavy atom. The number of urea groups is 1. The van der Waals surface area contributed by atoms with Gasteiger partial charge in [0.25, 0.3) is 5.56 Å². The van der Waals surface area contributed by atoms with Crippen LogP contribution in [0.25, 0.3) is 0 Å². The molecule has 2 saturated heterocycles. The first-order chi connectivity index (χ1) is 11.2. The first-order valence-corrected chi connectivity index (χ1v) is 8.10. The highest BCUT2D eigenvalue weighted by molar-refractivity contribution is 5.74. The van der Waals surface area contributed by atoms with Crippen molar-refractivity contribution in [3.05, 3.63) is 28.7 Å². The Morgan fingerprint density at radius 2 is 1.74 bits per heavy atom. The summed E-state index contributed by atoms with van der Waals surface area (Å²) in [5, 5.41) is 4.06. The van der Waals surface area contributed by atoms with E-state index in [1.165, 1.54) is 10.7 Å². The van der Waals surface area contributed by atoms with Crippen molar-refractivity contribution in [3.8, 4) is 0 Å². The normalized spacial score (nSPS) is 19.8. The van der Waals surface area contributed by atoms with Crippen LogP contribution in [0, 0.1) is 0 Å². The van der Waals surface area contributed by atoms with E-state index >= 15 is 0 Å². The zero-order chi connectivity index (χ0) is 16.1. The lowest BCUT2D eigenvalue weighted by atomic mass is 10.3. The SMILES string of the molecule is O=C(N1CCOCC1)N1CCN(CCn2ncccc2=O)CC1. The van der Waals surface area contributed by atoms with E-state index in [4.69, 9.17) is 4.74 Å². The molecule has 0 saturated carbocycles. The van der Waals surface area contributed by atoms with Crippen molar-refractivity contribution in [1.82, 2.24) is 24.5 Å². The van der Waals surface area contributed by atoms with Crippen LogP contribution in [0.1, 0.15) is 0 Å². The van der Waals surface area contributed by atoms with Gasteiger partial charge in [-0.1, -0.05) is 0 Å². The number of carbonyl (C=O) groups is 1. The zero-order valence-corrected chi connectivity index (χ0v) is 13.3. The molecular weight excluding hydrogens is 298 g/mol. The summed E-state index contributed by atoms with van der Waals surface area (Å²) in [6.07, 6.45) is 1.63. The van der Waals surface area contributed by atoms with E-state index in [1.807, 2.05) is 9.80 Å². The fourth-order valence-electron chi connectivity index (χ4n) is 2.91. The molecule has 0 bridgehead atoms. The molecule has 2 fully saturated rings. The molecule has 1 aromatic rings. The molecule has 3 heterocycles. The fourth-order valence-corrected chi connectivity index (χ4v) is 2.91. The number of nitrogens with zero attached hydrogens (tertiary/aromatic N) is 5. The van der Waals surface area contributed by atoms with Crippen LogP contribution >= 0.6 is 0 Å². The standard InChI is InChI=1S/C15H23N5O3/c21-14-2-1-3-16-20(14)9-6-17-4-7-18(8-5-17)15(22)19-10-12-23-13-11-19/h1-3H,4-13H2. The van der Waals surface area contributed by atoms with Crippen molar-refractivity contribution < 1.29 is 9.53 Å². The van der Waals surface area contributed by atoms with Gasteiger partial charge in [-0.25, -0.2) is 9.48 Å². The highest BCUT2D eigenvalue weighted by Crippen LogP contribution is 2.07. The summed E-state index contributed by atoms with van der Waals surface area (Å²) < 4.78 is 6.76. The number of morpholine rings is 1. The lowest BCUT2D eigenvalue weighted by Gasteiger charge is -2.38. The van der Waals surface area contributed by atoms with E-state index in [9.17, 15) is 9.59 Å². The fraction of sp³-hybridized carbons (Fsp3) is 0.667. The molecule has 0 aliphatic carbocycles. The van der Waals surface area contributed by atoms with Crippen LogP contribution in [0.4, 0.5) is 4.79 Å². The molecule has 2 amide bonds. The van der Waals surface area contributed by atoms with Crippen molar-refractivity contribution in [3.63, 3.8) is 0 Å². The first-order valence-electron chi connectivity index (χ1n) is 8.10. The van der Waals surface area contributed by atoms with E-state index in [-0.39, 0.29) is 11.6 Å². The number of piperazine rings is 1. The average molecular weight is 321 g/mol. The van der Waals surface area contributed by atoms with Crippen molar-refractivity contribution in [2.45, 2.75) is 6.54 Å². The van der Waals surface area contributed by atoms with Gasteiger partial charge in [-0.15, -0.1) is 0 Å². The van der Waals surface area contributed by atoms with E-state index in [0.29, 0.717) is 32.8 Å². The minimum absolute atomic E-state index is 0.0753. The molecule has 0 aromatic carbocycles. The molecule has 0 radical (unpaired) electrons. The van der Waals surface area contributed by atoms with Gasteiger partial charge >= 0.3 is 6.03 Å². The molecule has 126 valence electrons. The number of hydrogen-bond acceptors (Lipinski definition) is 5. The third kappa shape index (κ3) is 4.08. The third-order valence-corrected chi connectivity index (χ3v) is 4.34. The minimum Gasteiger partial charge on any atom is -0.378 e. The van der Waals surface area contributed by atoms with Crippen LogP contribution in [0.3, 0.4) is 0 Å². The summed E-state index contributed by atoms with van der Waals surface area (Å²) in [6.45, 7) is 7.10. The molecule has 0 spiro atoms. The Kier molecular flexibility index (Phi) is 5.24. The Labute approximate surface area is 135 Å². The summed E-state index contributed by atoms with van der Waals surface area (Å²) in [5.41, 5.74) is -0.0753. The second kappa shape index (κ2) is 7.56. The Bertz CT molecular complexity index is 576. The van der Waals surface area contributed by atoms with Gasteiger partial charge in [0.15, 0.2) is 0 Å². The predicted octanol–water partition coefficient (Wildman–Crippen LogP) is -0.687. The highest BCUT2D eigenvalue weighted by atomic mass is 16.5. The van der Waals surface area contributed by atoms with E-state index in [1.54, 1.807) is 12.3 Å². The van der Waals surface area contributed by atoms with Gasteiger partial charge in [-0.05, 0) is 6.07 Å². The smallest absolute Gasteiger partial charge is 0.320 e. The van der Waals surface area contributed by atoms with Crippen molar-refractivity contribution in [1.29, 1.82) is 0 Å². The zero-order valence-electron chi connectivity index (χ0n) is 13.3. The third-order valence-electron chi connectivity index (χ3n) is 4.34. The summed E-state index contributed by atoms with van der Waals surface area (Å²) in [4.78, 5) is 30.1. The van der Waals surface area contributed by atoms with Gasteiger partial charge in [0.1, 0.15) is 0 Å². The van der Waals surface area contributed by atoms with Crippen LogP contribution in [0.5, 0.6) is 0 Å². The van der Waals surface area contributed by atoms with E-state index in [2.05, 4.69) is 10.00 Å². The summed E-state index contributed by atoms with van der Waals surface area (Å²) in [5.74, 6) is 0. The lowest BCUT2D eigenvalue weighted by molar-refractivity contribution is 0.0375. The van der Waals surface area contributed by atoms with Gasteiger partial charge in [0.05, 0.1) is 19.8 Å². The molecule has 2 aliphatic rings. The minimum atomic E-state index is -0.0753. The van der Waals surface area contributed by atoms with Gasteiger partial charge in [0, 0.05) is 58.1 Å². The van der Waals surface area contributed by atoms with Crippen LogP contribution in [0.15, 0.2) is 23.1 Å². The molecule has 1 aromatic heterocycles. The number of aromatic nitrogens is 2. The molecule has 0 unspecified atom stereocenters.